The van der Waals surface area contributed by atoms with Crippen LogP contribution in [0, 0.1) is 13.8 Å². The number of thiophene rings is 1. The molecule has 0 amide bonds. The molecule has 3 heterocycles. The highest BCUT2D eigenvalue weighted by Crippen LogP contribution is 2.33. The summed E-state index contributed by atoms with van der Waals surface area (Å²) in [7, 11) is 1.73. The molecule has 0 atom stereocenters. The zero-order valence-electron chi connectivity index (χ0n) is 15.4. The van der Waals surface area contributed by atoms with Crippen LogP contribution in [0.4, 0.5) is 5.95 Å². The second-order valence-corrected chi connectivity index (χ2v) is 7.49. The summed E-state index contributed by atoms with van der Waals surface area (Å²) in [6.45, 7) is 4.42. The van der Waals surface area contributed by atoms with Crippen LogP contribution in [-0.4, -0.2) is 19.5 Å². The summed E-state index contributed by atoms with van der Waals surface area (Å²) < 4.78 is 2.21. The van der Waals surface area contributed by atoms with Crippen LogP contribution in [0.5, 0.6) is 0 Å². The SMILES string of the molecule is Cc1cnc(CNc2nc3cc(-c4ccccc4C)sc3c(=O)n2C)cn1. The molecule has 136 valence electrons. The van der Waals surface area contributed by atoms with E-state index >= 15 is 0 Å². The molecule has 0 unspecified atom stereocenters. The van der Waals surface area contributed by atoms with Crippen molar-refractivity contribution >= 4 is 27.5 Å². The van der Waals surface area contributed by atoms with Crippen molar-refractivity contribution in [3.63, 3.8) is 0 Å². The van der Waals surface area contributed by atoms with Gasteiger partial charge in [-0.2, -0.15) is 0 Å². The first-order chi connectivity index (χ1) is 13.0. The molecule has 0 radical (unpaired) electrons. The number of hydrogen-bond acceptors (Lipinski definition) is 6. The third kappa shape index (κ3) is 3.33. The van der Waals surface area contributed by atoms with Gasteiger partial charge in [0.25, 0.3) is 5.56 Å². The Bertz CT molecular complexity index is 1180. The summed E-state index contributed by atoms with van der Waals surface area (Å²) in [6.07, 6.45) is 3.44. The summed E-state index contributed by atoms with van der Waals surface area (Å²) in [5.41, 5.74) is 4.62. The quantitative estimate of drug-likeness (QED) is 0.587. The van der Waals surface area contributed by atoms with Crippen molar-refractivity contribution in [3.05, 3.63) is 70.0 Å². The van der Waals surface area contributed by atoms with Crippen molar-refractivity contribution in [1.82, 2.24) is 19.5 Å². The van der Waals surface area contributed by atoms with Crippen LogP contribution in [0.15, 0.2) is 47.5 Å². The molecule has 0 fully saturated rings. The molecular weight excluding hydrogens is 358 g/mol. The number of hydrogen-bond donors (Lipinski definition) is 1. The maximum absolute atomic E-state index is 12.8. The van der Waals surface area contributed by atoms with Gasteiger partial charge in [0.15, 0.2) is 0 Å². The third-order valence-corrected chi connectivity index (χ3v) is 5.57. The standard InChI is InChI=1S/C20H19N5OS/c1-12-6-4-5-7-15(12)17-8-16-18(27-17)19(26)25(3)20(24-16)23-11-14-10-21-13(2)9-22-14/h4-10H,11H2,1-3H3,(H,23,24). The zero-order chi connectivity index (χ0) is 19.0. The van der Waals surface area contributed by atoms with E-state index in [1.165, 1.54) is 16.9 Å². The number of anilines is 1. The number of aryl methyl sites for hydroxylation is 2. The Labute approximate surface area is 160 Å². The van der Waals surface area contributed by atoms with Gasteiger partial charge in [-0.1, -0.05) is 24.3 Å². The minimum absolute atomic E-state index is 0.0534. The Morgan fingerprint density at radius 3 is 2.70 bits per heavy atom. The van der Waals surface area contributed by atoms with Crippen LogP contribution >= 0.6 is 11.3 Å². The van der Waals surface area contributed by atoms with Gasteiger partial charge < -0.3 is 5.32 Å². The molecule has 0 aliphatic rings. The smallest absolute Gasteiger partial charge is 0.272 e. The van der Waals surface area contributed by atoms with E-state index in [-0.39, 0.29) is 5.56 Å². The van der Waals surface area contributed by atoms with Gasteiger partial charge in [-0.05, 0) is 31.0 Å². The Hall–Kier alpha value is -3.06. The van der Waals surface area contributed by atoms with Crippen LogP contribution in [0.25, 0.3) is 20.7 Å². The van der Waals surface area contributed by atoms with Crippen molar-refractivity contribution in [3.8, 4) is 10.4 Å². The van der Waals surface area contributed by atoms with Gasteiger partial charge >= 0.3 is 0 Å². The van der Waals surface area contributed by atoms with Gasteiger partial charge in [-0.3, -0.25) is 19.3 Å². The third-order valence-electron chi connectivity index (χ3n) is 4.43. The first-order valence-electron chi connectivity index (χ1n) is 8.61. The molecule has 3 aromatic heterocycles. The topological polar surface area (TPSA) is 72.7 Å². The molecule has 27 heavy (non-hydrogen) atoms. The molecule has 0 spiro atoms. The molecule has 0 saturated carbocycles. The molecule has 4 rings (SSSR count). The van der Waals surface area contributed by atoms with Gasteiger partial charge in [0, 0.05) is 18.1 Å². The normalized spacial score (nSPS) is 11.1. The maximum Gasteiger partial charge on any atom is 0.272 e. The fourth-order valence-electron chi connectivity index (χ4n) is 2.88. The minimum atomic E-state index is -0.0534. The summed E-state index contributed by atoms with van der Waals surface area (Å²) in [5.74, 6) is 0.518. The van der Waals surface area contributed by atoms with E-state index in [9.17, 15) is 4.79 Å². The molecule has 0 aliphatic carbocycles. The summed E-state index contributed by atoms with van der Waals surface area (Å²) in [6, 6.07) is 10.1. The number of nitrogens with one attached hydrogen (secondary N) is 1. The predicted molar refractivity (Wildman–Crippen MR) is 109 cm³/mol. The van der Waals surface area contributed by atoms with E-state index in [1.807, 2.05) is 25.1 Å². The fourth-order valence-corrected chi connectivity index (χ4v) is 4.04. The molecule has 0 bridgehead atoms. The summed E-state index contributed by atoms with van der Waals surface area (Å²) in [5, 5.41) is 3.20. The number of aromatic nitrogens is 4. The Morgan fingerprint density at radius 2 is 1.96 bits per heavy atom. The highest BCUT2D eigenvalue weighted by Gasteiger charge is 2.14. The van der Waals surface area contributed by atoms with Crippen molar-refractivity contribution in [1.29, 1.82) is 0 Å². The second-order valence-electron chi connectivity index (χ2n) is 6.44. The molecule has 1 aromatic carbocycles. The number of benzene rings is 1. The number of nitrogens with zero attached hydrogens (tertiary/aromatic N) is 4. The van der Waals surface area contributed by atoms with Gasteiger partial charge in [0.05, 0.1) is 29.6 Å². The second kappa shape index (κ2) is 6.92. The van der Waals surface area contributed by atoms with E-state index in [0.717, 1.165) is 21.8 Å². The van der Waals surface area contributed by atoms with Gasteiger partial charge in [-0.25, -0.2) is 4.98 Å². The van der Waals surface area contributed by atoms with E-state index in [0.29, 0.717) is 22.7 Å². The zero-order valence-corrected chi connectivity index (χ0v) is 16.2. The van der Waals surface area contributed by atoms with Crippen LogP contribution in [0.2, 0.25) is 0 Å². The van der Waals surface area contributed by atoms with Crippen LogP contribution in [0.1, 0.15) is 17.0 Å². The van der Waals surface area contributed by atoms with Crippen molar-refractivity contribution < 1.29 is 0 Å². The minimum Gasteiger partial charge on any atom is -0.350 e. The molecule has 1 N–H and O–H groups in total. The van der Waals surface area contributed by atoms with Crippen molar-refractivity contribution in [2.45, 2.75) is 20.4 Å². The lowest BCUT2D eigenvalue weighted by Gasteiger charge is -2.09. The molecule has 7 heteroatoms. The summed E-state index contributed by atoms with van der Waals surface area (Å²) >= 11 is 1.48. The average Bonchev–Trinajstić information content (AvgIpc) is 3.09. The summed E-state index contributed by atoms with van der Waals surface area (Å²) in [4.78, 5) is 27.1. The lowest BCUT2D eigenvalue weighted by atomic mass is 10.1. The Kier molecular flexibility index (Phi) is 4.45. The van der Waals surface area contributed by atoms with Gasteiger partial charge in [0.2, 0.25) is 5.95 Å². The molecule has 0 aliphatic heterocycles. The highest BCUT2D eigenvalue weighted by atomic mass is 32.1. The highest BCUT2D eigenvalue weighted by molar-refractivity contribution is 7.22. The van der Waals surface area contributed by atoms with Gasteiger partial charge in [-0.15, -0.1) is 11.3 Å². The predicted octanol–water partition coefficient (Wildman–Crippen LogP) is 3.68. The lowest BCUT2D eigenvalue weighted by Crippen LogP contribution is -2.21. The first kappa shape index (κ1) is 17.4. The fraction of sp³-hybridized carbons (Fsp3) is 0.200. The largest absolute Gasteiger partial charge is 0.350 e. The average molecular weight is 377 g/mol. The van der Waals surface area contributed by atoms with E-state index in [1.54, 1.807) is 24.0 Å². The Balaban J connectivity index is 1.70. The van der Waals surface area contributed by atoms with E-state index in [2.05, 4.69) is 39.3 Å². The monoisotopic (exact) mass is 377 g/mol. The molecule has 0 saturated heterocycles. The molecular formula is C20H19N5OS. The first-order valence-corrected chi connectivity index (χ1v) is 9.42. The van der Waals surface area contributed by atoms with Crippen LogP contribution < -0.4 is 10.9 Å². The lowest BCUT2D eigenvalue weighted by molar-refractivity contribution is 0.833. The van der Waals surface area contributed by atoms with Crippen LogP contribution in [-0.2, 0) is 13.6 Å². The molecule has 6 nitrogen and oxygen atoms in total. The van der Waals surface area contributed by atoms with Crippen molar-refractivity contribution in [2.24, 2.45) is 7.05 Å². The van der Waals surface area contributed by atoms with E-state index < -0.39 is 0 Å². The van der Waals surface area contributed by atoms with Gasteiger partial charge in [0.1, 0.15) is 4.70 Å². The number of fused-ring (bicyclic) bond motifs is 1. The number of rotatable bonds is 4. The van der Waals surface area contributed by atoms with Crippen molar-refractivity contribution in [2.75, 3.05) is 5.32 Å². The maximum atomic E-state index is 12.8. The molecule has 4 aromatic rings. The Morgan fingerprint density at radius 1 is 1.15 bits per heavy atom. The van der Waals surface area contributed by atoms with E-state index in [4.69, 9.17) is 0 Å². The van der Waals surface area contributed by atoms with Crippen LogP contribution in [0.3, 0.4) is 0 Å².